The van der Waals surface area contributed by atoms with E-state index in [-0.39, 0.29) is 0 Å². The number of rotatable bonds is 1. The quantitative estimate of drug-likeness (QED) is 0.417. The Kier molecular flexibility index (Phi) is 3.00. The second-order valence-corrected chi connectivity index (χ2v) is 3.91. The van der Waals surface area contributed by atoms with Crippen LogP contribution in [0.2, 0.25) is 0 Å². The maximum atomic E-state index is 13.4. The van der Waals surface area contributed by atoms with Crippen LogP contribution in [0.25, 0.3) is 0 Å². The third-order valence-corrected chi connectivity index (χ3v) is 2.61. The maximum Gasteiger partial charge on any atom is 0.252 e. The molecule has 0 radical (unpaired) electrons. The van der Waals surface area contributed by atoms with Crippen LogP contribution in [0.3, 0.4) is 0 Å². The number of hydrogen-bond acceptors (Lipinski definition) is 1. The molecule has 1 aromatic rings. The van der Waals surface area contributed by atoms with E-state index in [1.807, 2.05) is 0 Å². The van der Waals surface area contributed by atoms with Crippen LogP contribution in [0, 0.1) is 23.5 Å². The number of pyridine rings is 1. The minimum Gasteiger partial charge on any atom is -0.201 e. The van der Waals surface area contributed by atoms with Crippen molar-refractivity contribution in [3.63, 3.8) is 0 Å². The van der Waals surface area contributed by atoms with E-state index in [9.17, 15) is 17.6 Å². The highest BCUT2D eigenvalue weighted by molar-refractivity contribution is 5.34. The molecule has 0 bridgehead atoms. The van der Waals surface area contributed by atoms with Crippen molar-refractivity contribution in [2.45, 2.75) is 19.3 Å². The Balaban J connectivity index is 2.59. The Morgan fingerprint density at radius 3 is 2.24 bits per heavy atom. The van der Waals surface area contributed by atoms with E-state index >= 15 is 0 Å². The normalized spacial score (nSPS) is 19.4. The molecular formula is C12H9F4N. The zero-order valence-electron chi connectivity index (χ0n) is 8.98. The van der Waals surface area contributed by atoms with Crippen LogP contribution in [0.1, 0.15) is 24.8 Å². The van der Waals surface area contributed by atoms with Gasteiger partial charge in [-0.05, 0) is 13.3 Å². The molecule has 0 amide bonds. The largest absolute Gasteiger partial charge is 0.252 e. The summed E-state index contributed by atoms with van der Waals surface area (Å²) >= 11 is 0. The molecule has 1 nitrogen and oxygen atoms in total. The van der Waals surface area contributed by atoms with Gasteiger partial charge in [-0.1, -0.05) is 23.8 Å². The predicted octanol–water partition coefficient (Wildman–Crippen LogP) is 3.63. The van der Waals surface area contributed by atoms with Crippen molar-refractivity contribution in [3.8, 4) is 0 Å². The summed E-state index contributed by atoms with van der Waals surface area (Å²) in [7, 11) is 0. The standard InChI is InChI=1S/C12H9F4N/c1-6-3-2-4-7(5-6)8-9(13)11(15)17-12(16)10(8)14/h2,4-5,7H,3H2,1H3. The van der Waals surface area contributed by atoms with Gasteiger partial charge in [0, 0.05) is 11.5 Å². The van der Waals surface area contributed by atoms with Crippen molar-refractivity contribution in [3.05, 3.63) is 52.9 Å². The van der Waals surface area contributed by atoms with Gasteiger partial charge < -0.3 is 0 Å². The Hall–Kier alpha value is -1.65. The number of allylic oxidation sites excluding steroid dienone is 4. The van der Waals surface area contributed by atoms with Crippen LogP contribution in [0.4, 0.5) is 17.6 Å². The molecule has 90 valence electrons. The van der Waals surface area contributed by atoms with Gasteiger partial charge in [-0.3, -0.25) is 0 Å². The van der Waals surface area contributed by atoms with E-state index in [1.54, 1.807) is 19.1 Å². The highest BCUT2D eigenvalue weighted by Gasteiger charge is 2.25. The van der Waals surface area contributed by atoms with Gasteiger partial charge in [0.05, 0.1) is 0 Å². The van der Waals surface area contributed by atoms with Crippen molar-refractivity contribution in [1.29, 1.82) is 0 Å². The second kappa shape index (κ2) is 4.31. The van der Waals surface area contributed by atoms with E-state index in [0.717, 1.165) is 5.57 Å². The Morgan fingerprint density at radius 2 is 1.71 bits per heavy atom. The van der Waals surface area contributed by atoms with Crippen molar-refractivity contribution in [2.24, 2.45) is 0 Å². The van der Waals surface area contributed by atoms with Gasteiger partial charge in [0.2, 0.25) is 0 Å². The van der Waals surface area contributed by atoms with E-state index < -0.39 is 35.0 Å². The maximum absolute atomic E-state index is 13.4. The van der Waals surface area contributed by atoms with Gasteiger partial charge >= 0.3 is 0 Å². The molecule has 1 aromatic heterocycles. The molecule has 5 heteroatoms. The first kappa shape index (κ1) is 11.8. The summed E-state index contributed by atoms with van der Waals surface area (Å²) < 4.78 is 52.8. The number of halogens is 4. The molecule has 0 saturated heterocycles. The topological polar surface area (TPSA) is 12.9 Å². The summed E-state index contributed by atoms with van der Waals surface area (Å²) in [6.07, 6.45) is 5.44. The van der Waals surface area contributed by atoms with Gasteiger partial charge in [-0.15, -0.1) is 0 Å². The minimum absolute atomic E-state index is 0.634. The monoisotopic (exact) mass is 243 g/mol. The molecule has 1 heterocycles. The first-order valence-corrected chi connectivity index (χ1v) is 5.04. The average molecular weight is 243 g/mol. The molecule has 2 rings (SSSR count). The Labute approximate surface area is 95.5 Å². The smallest absolute Gasteiger partial charge is 0.201 e. The fraction of sp³-hybridized carbons (Fsp3) is 0.250. The summed E-state index contributed by atoms with van der Waals surface area (Å²) in [6.45, 7) is 1.78. The van der Waals surface area contributed by atoms with E-state index in [4.69, 9.17) is 0 Å². The fourth-order valence-electron chi connectivity index (χ4n) is 1.81. The lowest BCUT2D eigenvalue weighted by atomic mass is 9.91. The van der Waals surface area contributed by atoms with Crippen molar-refractivity contribution >= 4 is 0 Å². The zero-order chi connectivity index (χ0) is 12.6. The number of hydrogen-bond donors (Lipinski definition) is 0. The molecule has 1 unspecified atom stereocenters. The molecule has 0 aliphatic heterocycles. The highest BCUT2D eigenvalue weighted by atomic mass is 19.2. The summed E-state index contributed by atoms with van der Waals surface area (Å²) in [5.41, 5.74) is 0.249. The molecule has 1 atom stereocenters. The van der Waals surface area contributed by atoms with Crippen molar-refractivity contribution in [2.75, 3.05) is 0 Å². The minimum atomic E-state index is -1.62. The SMILES string of the molecule is CC1=CC(c2c(F)c(F)nc(F)c2F)C=CC1. The first-order chi connectivity index (χ1) is 8.00. The molecule has 1 aliphatic carbocycles. The molecule has 0 fully saturated rings. The van der Waals surface area contributed by atoms with E-state index in [2.05, 4.69) is 4.98 Å². The zero-order valence-corrected chi connectivity index (χ0v) is 8.98. The Morgan fingerprint density at radius 1 is 1.12 bits per heavy atom. The lowest BCUT2D eigenvalue weighted by molar-refractivity contribution is 0.394. The van der Waals surface area contributed by atoms with E-state index in [0.29, 0.717) is 6.42 Å². The van der Waals surface area contributed by atoms with Crippen LogP contribution in [0.15, 0.2) is 23.8 Å². The molecule has 0 spiro atoms. The predicted molar refractivity (Wildman–Crippen MR) is 54.3 cm³/mol. The van der Waals surface area contributed by atoms with Gasteiger partial charge in [-0.2, -0.15) is 13.8 Å². The van der Waals surface area contributed by atoms with Crippen LogP contribution in [0.5, 0.6) is 0 Å². The van der Waals surface area contributed by atoms with Gasteiger partial charge in [-0.25, -0.2) is 8.78 Å². The lowest BCUT2D eigenvalue weighted by Crippen LogP contribution is -2.10. The molecule has 0 saturated carbocycles. The average Bonchev–Trinajstić information content (AvgIpc) is 2.27. The molecule has 17 heavy (non-hydrogen) atoms. The van der Waals surface area contributed by atoms with E-state index in [1.165, 1.54) is 6.08 Å². The van der Waals surface area contributed by atoms with Gasteiger partial charge in [0.1, 0.15) is 0 Å². The first-order valence-electron chi connectivity index (χ1n) is 5.04. The summed E-state index contributed by atoms with van der Waals surface area (Å²) in [6, 6.07) is 0. The summed E-state index contributed by atoms with van der Waals surface area (Å²) in [5.74, 6) is -6.92. The third kappa shape index (κ3) is 2.09. The van der Waals surface area contributed by atoms with Crippen LogP contribution in [-0.4, -0.2) is 4.98 Å². The second-order valence-electron chi connectivity index (χ2n) is 3.91. The van der Waals surface area contributed by atoms with Crippen molar-refractivity contribution < 1.29 is 17.6 Å². The number of nitrogens with zero attached hydrogens (tertiary/aromatic N) is 1. The van der Waals surface area contributed by atoms with Crippen LogP contribution < -0.4 is 0 Å². The summed E-state index contributed by atoms with van der Waals surface area (Å²) in [4.78, 5) is 2.52. The van der Waals surface area contributed by atoms with Crippen LogP contribution >= 0.6 is 0 Å². The molecule has 0 N–H and O–H groups in total. The van der Waals surface area contributed by atoms with Crippen molar-refractivity contribution in [1.82, 2.24) is 4.98 Å². The highest BCUT2D eigenvalue weighted by Crippen LogP contribution is 2.30. The lowest BCUT2D eigenvalue weighted by Gasteiger charge is -2.16. The molecule has 1 aliphatic rings. The molecular weight excluding hydrogens is 234 g/mol. The number of aromatic nitrogens is 1. The Bertz CT molecular complexity index is 493. The van der Waals surface area contributed by atoms with Gasteiger partial charge in [0.25, 0.3) is 11.9 Å². The fourth-order valence-corrected chi connectivity index (χ4v) is 1.81. The van der Waals surface area contributed by atoms with Crippen LogP contribution in [-0.2, 0) is 0 Å². The van der Waals surface area contributed by atoms with Gasteiger partial charge in [0.15, 0.2) is 11.6 Å². The molecule has 0 aromatic carbocycles. The summed E-state index contributed by atoms with van der Waals surface area (Å²) in [5, 5.41) is 0. The third-order valence-electron chi connectivity index (χ3n) is 2.61.